The minimum absolute atomic E-state index is 0.267. The fourth-order valence-corrected chi connectivity index (χ4v) is 2.79. The van der Waals surface area contributed by atoms with Crippen LogP contribution in [-0.2, 0) is 6.54 Å². The quantitative estimate of drug-likeness (QED) is 0.776. The molecule has 0 atom stereocenters. The summed E-state index contributed by atoms with van der Waals surface area (Å²) in [4.78, 5) is 15.8. The molecule has 0 radical (unpaired) electrons. The maximum Gasteiger partial charge on any atom is 0.335 e. The molecule has 0 spiro atoms. The Morgan fingerprint density at radius 2 is 1.86 bits per heavy atom. The van der Waals surface area contributed by atoms with Crippen LogP contribution in [0.2, 0.25) is 0 Å². The number of pyridine rings is 1. The van der Waals surface area contributed by atoms with Gasteiger partial charge in [-0.2, -0.15) is 0 Å². The maximum absolute atomic E-state index is 11.2. The van der Waals surface area contributed by atoms with Crippen molar-refractivity contribution < 1.29 is 9.90 Å². The molecule has 3 N–H and O–H groups in total. The summed E-state index contributed by atoms with van der Waals surface area (Å²) in [5.41, 5.74) is 9.57. The van der Waals surface area contributed by atoms with E-state index in [-0.39, 0.29) is 5.56 Å². The number of carboxylic acid groups (broad SMARTS) is 1. The third kappa shape index (κ3) is 2.34. The van der Waals surface area contributed by atoms with E-state index in [2.05, 4.69) is 4.98 Å². The average Bonchev–Trinajstić information content (AvgIpc) is 2.54. The summed E-state index contributed by atoms with van der Waals surface area (Å²) in [5, 5.41) is 11.2. The molecule has 0 fully saturated rings. The highest BCUT2D eigenvalue weighted by atomic mass is 16.4. The van der Waals surface area contributed by atoms with Crippen LogP contribution in [0.3, 0.4) is 0 Å². The Balaban J connectivity index is 2.34. The summed E-state index contributed by atoms with van der Waals surface area (Å²) in [6, 6.07) is 14.9. The van der Waals surface area contributed by atoms with Gasteiger partial charge < -0.3 is 10.8 Å². The molecule has 0 saturated heterocycles. The van der Waals surface area contributed by atoms with Crippen molar-refractivity contribution in [1.29, 1.82) is 0 Å². The van der Waals surface area contributed by atoms with Crippen molar-refractivity contribution in [1.82, 2.24) is 4.98 Å². The molecule has 0 aliphatic rings. The Labute approximate surface area is 128 Å². The number of aromatic carboxylic acids is 1. The highest BCUT2D eigenvalue weighted by Crippen LogP contribution is 2.32. The van der Waals surface area contributed by atoms with E-state index in [4.69, 9.17) is 5.73 Å². The predicted octanol–water partition coefficient (Wildman–Crippen LogP) is 3.37. The van der Waals surface area contributed by atoms with Gasteiger partial charge in [-0.3, -0.25) is 4.98 Å². The summed E-state index contributed by atoms with van der Waals surface area (Å²) in [7, 11) is 0. The van der Waals surface area contributed by atoms with Crippen LogP contribution in [0.15, 0.2) is 48.5 Å². The first-order valence-electron chi connectivity index (χ1n) is 7.04. The first-order chi connectivity index (χ1) is 10.6. The van der Waals surface area contributed by atoms with Gasteiger partial charge >= 0.3 is 5.97 Å². The molecule has 2 aromatic carbocycles. The molecule has 0 aliphatic carbocycles. The average molecular weight is 292 g/mol. The summed E-state index contributed by atoms with van der Waals surface area (Å²) < 4.78 is 0. The smallest absolute Gasteiger partial charge is 0.335 e. The number of fused-ring (bicyclic) bond motifs is 1. The predicted molar refractivity (Wildman–Crippen MR) is 86.8 cm³/mol. The van der Waals surface area contributed by atoms with Crippen LogP contribution >= 0.6 is 0 Å². The Kier molecular flexibility index (Phi) is 3.61. The van der Waals surface area contributed by atoms with Gasteiger partial charge in [-0.15, -0.1) is 0 Å². The van der Waals surface area contributed by atoms with Crippen LogP contribution in [-0.4, -0.2) is 16.1 Å². The van der Waals surface area contributed by atoms with Crippen LogP contribution in [0.1, 0.15) is 21.7 Å². The van der Waals surface area contributed by atoms with Gasteiger partial charge in [0.05, 0.1) is 11.3 Å². The molecular formula is C18H16N2O2. The molecule has 1 aromatic heterocycles. The summed E-state index contributed by atoms with van der Waals surface area (Å²) >= 11 is 0. The van der Waals surface area contributed by atoms with Crippen LogP contribution in [0.5, 0.6) is 0 Å². The van der Waals surface area contributed by atoms with Gasteiger partial charge in [0.2, 0.25) is 0 Å². The topological polar surface area (TPSA) is 76.2 Å². The van der Waals surface area contributed by atoms with Crippen LogP contribution in [0.25, 0.3) is 21.9 Å². The van der Waals surface area contributed by atoms with E-state index in [9.17, 15) is 9.90 Å². The summed E-state index contributed by atoms with van der Waals surface area (Å²) in [5.74, 6) is -0.935. The molecule has 0 aliphatic heterocycles. The highest BCUT2D eigenvalue weighted by Gasteiger charge is 2.13. The number of rotatable bonds is 3. The molecule has 1 heterocycles. The molecular weight excluding hydrogens is 276 g/mol. The van der Waals surface area contributed by atoms with Gasteiger partial charge in [0.25, 0.3) is 0 Å². The van der Waals surface area contributed by atoms with Crippen LogP contribution in [0, 0.1) is 6.92 Å². The number of benzene rings is 2. The second-order valence-electron chi connectivity index (χ2n) is 5.15. The van der Waals surface area contributed by atoms with Gasteiger partial charge in [-0.25, -0.2) is 4.79 Å². The molecule has 0 saturated carbocycles. The zero-order valence-electron chi connectivity index (χ0n) is 12.2. The number of hydrogen-bond acceptors (Lipinski definition) is 3. The lowest BCUT2D eigenvalue weighted by molar-refractivity contribution is 0.0697. The monoisotopic (exact) mass is 292 g/mol. The Morgan fingerprint density at radius 3 is 2.55 bits per heavy atom. The van der Waals surface area contributed by atoms with Crippen molar-refractivity contribution in [3.63, 3.8) is 0 Å². The lowest BCUT2D eigenvalue weighted by atomic mass is 9.95. The highest BCUT2D eigenvalue weighted by molar-refractivity contribution is 6.00. The molecule has 22 heavy (non-hydrogen) atoms. The van der Waals surface area contributed by atoms with E-state index in [1.807, 2.05) is 37.3 Å². The normalized spacial score (nSPS) is 10.8. The molecule has 110 valence electrons. The fraction of sp³-hybridized carbons (Fsp3) is 0.111. The number of nitrogens with zero attached hydrogens (tertiary/aromatic N) is 1. The van der Waals surface area contributed by atoms with E-state index < -0.39 is 5.97 Å². The first kappa shape index (κ1) is 14.2. The molecule has 0 amide bonds. The third-order valence-electron chi connectivity index (χ3n) is 3.76. The van der Waals surface area contributed by atoms with Gasteiger partial charge in [0, 0.05) is 23.2 Å². The van der Waals surface area contributed by atoms with Crippen LogP contribution in [0.4, 0.5) is 0 Å². The standard InChI is InChI=1S/C18H16N2O2/c1-11-17(12-5-4-6-13(9-12)18(21)22)15-8-3-2-7-14(15)16(10-19)20-11/h2-9H,10,19H2,1H3,(H,21,22). The summed E-state index contributed by atoms with van der Waals surface area (Å²) in [6.07, 6.45) is 0. The number of nitrogens with two attached hydrogens (primary N) is 1. The van der Waals surface area contributed by atoms with Crippen molar-refractivity contribution in [2.24, 2.45) is 5.73 Å². The SMILES string of the molecule is Cc1nc(CN)c2ccccc2c1-c1cccc(C(=O)O)c1. The van der Waals surface area contributed by atoms with E-state index in [0.29, 0.717) is 6.54 Å². The van der Waals surface area contributed by atoms with E-state index in [1.165, 1.54) is 0 Å². The van der Waals surface area contributed by atoms with Crippen molar-refractivity contribution in [3.05, 3.63) is 65.5 Å². The Hall–Kier alpha value is -2.72. The Bertz CT molecular complexity index is 872. The maximum atomic E-state index is 11.2. The molecule has 3 aromatic rings. The molecule has 4 nitrogen and oxygen atoms in total. The van der Waals surface area contributed by atoms with E-state index in [1.54, 1.807) is 18.2 Å². The van der Waals surface area contributed by atoms with Crippen LogP contribution < -0.4 is 5.73 Å². The van der Waals surface area contributed by atoms with Crippen molar-refractivity contribution >= 4 is 16.7 Å². The van der Waals surface area contributed by atoms with E-state index >= 15 is 0 Å². The minimum Gasteiger partial charge on any atom is -0.478 e. The zero-order valence-corrected chi connectivity index (χ0v) is 12.2. The minimum atomic E-state index is -0.935. The number of carboxylic acids is 1. The van der Waals surface area contributed by atoms with E-state index in [0.717, 1.165) is 33.3 Å². The Morgan fingerprint density at radius 1 is 1.14 bits per heavy atom. The first-order valence-corrected chi connectivity index (χ1v) is 7.04. The second-order valence-corrected chi connectivity index (χ2v) is 5.15. The van der Waals surface area contributed by atoms with Crippen molar-refractivity contribution in [2.45, 2.75) is 13.5 Å². The molecule has 0 unspecified atom stereocenters. The third-order valence-corrected chi connectivity index (χ3v) is 3.76. The second kappa shape index (κ2) is 5.58. The number of carbonyl (C=O) groups is 1. The van der Waals surface area contributed by atoms with Crippen molar-refractivity contribution in [2.75, 3.05) is 0 Å². The summed E-state index contributed by atoms with van der Waals surface area (Å²) in [6.45, 7) is 2.30. The lowest BCUT2D eigenvalue weighted by Crippen LogP contribution is -2.04. The fourth-order valence-electron chi connectivity index (χ4n) is 2.79. The molecule has 0 bridgehead atoms. The lowest BCUT2D eigenvalue weighted by Gasteiger charge is -2.13. The largest absolute Gasteiger partial charge is 0.478 e. The number of aromatic nitrogens is 1. The molecule has 4 heteroatoms. The number of aryl methyl sites for hydroxylation is 1. The van der Waals surface area contributed by atoms with Gasteiger partial charge in [0.1, 0.15) is 0 Å². The zero-order chi connectivity index (χ0) is 15.7. The van der Waals surface area contributed by atoms with Crippen molar-refractivity contribution in [3.8, 4) is 11.1 Å². The van der Waals surface area contributed by atoms with Gasteiger partial charge in [-0.05, 0) is 30.0 Å². The van der Waals surface area contributed by atoms with Gasteiger partial charge in [0.15, 0.2) is 0 Å². The molecule has 3 rings (SSSR count). The number of hydrogen-bond donors (Lipinski definition) is 2. The van der Waals surface area contributed by atoms with Gasteiger partial charge in [-0.1, -0.05) is 36.4 Å².